The molecule has 0 spiro atoms. The minimum atomic E-state index is -0.189. The van der Waals surface area contributed by atoms with Crippen LogP contribution in [0.25, 0.3) is 0 Å². The molecule has 0 unspecified atom stereocenters. The lowest BCUT2D eigenvalue weighted by Crippen LogP contribution is -2.40. The lowest BCUT2D eigenvalue weighted by atomic mass is 10.0. The van der Waals surface area contributed by atoms with E-state index in [2.05, 4.69) is 15.7 Å². The number of hydrogen-bond donors (Lipinski definition) is 2. The zero-order valence-corrected chi connectivity index (χ0v) is 17.2. The van der Waals surface area contributed by atoms with Crippen LogP contribution in [-0.2, 0) is 22.7 Å². The highest BCUT2D eigenvalue weighted by Crippen LogP contribution is 2.34. The fourth-order valence-electron chi connectivity index (χ4n) is 4.31. The third-order valence-electron chi connectivity index (χ3n) is 5.74. The van der Waals surface area contributed by atoms with E-state index in [9.17, 15) is 14.4 Å². The van der Waals surface area contributed by atoms with Gasteiger partial charge in [-0.15, -0.1) is 11.3 Å². The van der Waals surface area contributed by atoms with E-state index in [-0.39, 0.29) is 42.1 Å². The van der Waals surface area contributed by atoms with Crippen LogP contribution < -0.4 is 10.6 Å². The molecule has 4 rings (SSSR count). The van der Waals surface area contributed by atoms with Crippen molar-refractivity contribution in [2.75, 3.05) is 13.1 Å². The largest absolute Gasteiger partial charge is 0.351 e. The Morgan fingerprint density at radius 2 is 2.21 bits per heavy atom. The molecule has 0 aromatic carbocycles. The maximum absolute atomic E-state index is 13.0. The van der Waals surface area contributed by atoms with Crippen LogP contribution >= 0.6 is 11.3 Å². The summed E-state index contributed by atoms with van der Waals surface area (Å²) in [6.45, 7) is 3.54. The molecule has 29 heavy (non-hydrogen) atoms. The first-order chi connectivity index (χ1) is 14.0. The van der Waals surface area contributed by atoms with Gasteiger partial charge in [-0.25, -0.2) is 0 Å². The third kappa shape index (κ3) is 4.19. The Kier molecular flexibility index (Phi) is 5.66. The number of hydrogen-bond acceptors (Lipinski definition) is 5. The van der Waals surface area contributed by atoms with Crippen LogP contribution in [0.1, 0.15) is 35.1 Å². The molecule has 2 aromatic heterocycles. The zero-order chi connectivity index (χ0) is 20.4. The van der Waals surface area contributed by atoms with Gasteiger partial charge in [0.2, 0.25) is 11.8 Å². The predicted molar refractivity (Wildman–Crippen MR) is 108 cm³/mol. The second-order valence-electron chi connectivity index (χ2n) is 7.62. The number of carbonyl (C=O) groups is 3. The number of aryl methyl sites for hydroxylation is 1. The summed E-state index contributed by atoms with van der Waals surface area (Å²) < 4.78 is 1.64. The van der Waals surface area contributed by atoms with E-state index in [1.54, 1.807) is 33.2 Å². The minimum Gasteiger partial charge on any atom is -0.351 e. The van der Waals surface area contributed by atoms with E-state index in [1.165, 1.54) is 0 Å². The van der Waals surface area contributed by atoms with E-state index in [0.717, 1.165) is 4.88 Å². The molecule has 8 nitrogen and oxygen atoms in total. The second-order valence-corrected chi connectivity index (χ2v) is 8.65. The normalized spacial score (nSPS) is 24.0. The van der Waals surface area contributed by atoms with Crippen LogP contribution in [0.15, 0.2) is 29.8 Å². The maximum atomic E-state index is 13.0. The highest BCUT2D eigenvalue weighted by Gasteiger charge is 2.42. The van der Waals surface area contributed by atoms with Crippen LogP contribution in [0.5, 0.6) is 0 Å². The highest BCUT2D eigenvalue weighted by molar-refractivity contribution is 7.09. The number of carbonyl (C=O) groups excluding carboxylic acids is 3. The SMILES string of the molecule is CCn1nccc1C(=O)N1CC(=O)N[C@@H]2C[C@@H](C(=O)NCc3cccs3)C[C@@H]2C1. The molecule has 0 radical (unpaired) electrons. The van der Waals surface area contributed by atoms with Gasteiger partial charge < -0.3 is 15.5 Å². The summed E-state index contributed by atoms with van der Waals surface area (Å²) in [5.41, 5.74) is 0.488. The molecule has 9 heteroatoms. The zero-order valence-electron chi connectivity index (χ0n) is 16.3. The number of amides is 3. The number of thiophene rings is 1. The summed E-state index contributed by atoms with van der Waals surface area (Å²) in [4.78, 5) is 40.7. The number of nitrogens with zero attached hydrogens (tertiary/aromatic N) is 3. The van der Waals surface area contributed by atoms with Crippen LogP contribution in [0.4, 0.5) is 0 Å². The second kappa shape index (κ2) is 8.36. The van der Waals surface area contributed by atoms with Gasteiger partial charge in [-0.1, -0.05) is 6.07 Å². The Bertz CT molecular complexity index is 894. The van der Waals surface area contributed by atoms with Gasteiger partial charge in [0.05, 0.1) is 13.1 Å². The monoisotopic (exact) mass is 415 g/mol. The number of fused-ring (bicyclic) bond motifs is 1. The van der Waals surface area contributed by atoms with E-state index < -0.39 is 0 Å². The Morgan fingerprint density at radius 1 is 1.34 bits per heavy atom. The van der Waals surface area contributed by atoms with Crippen molar-refractivity contribution >= 4 is 29.1 Å². The van der Waals surface area contributed by atoms with Crippen LogP contribution in [0.3, 0.4) is 0 Å². The van der Waals surface area contributed by atoms with Crippen LogP contribution in [0, 0.1) is 11.8 Å². The Balaban J connectivity index is 1.41. The van der Waals surface area contributed by atoms with Crippen molar-refractivity contribution in [1.82, 2.24) is 25.3 Å². The fourth-order valence-corrected chi connectivity index (χ4v) is 4.95. The van der Waals surface area contributed by atoms with Gasteiger partial charge >= 0.3 is 0 Å². The molecule has 1 aliphatic carbocycles. The quantitative estimate of drug-likeness (QED) is 0.768. The number of rotatable bonds is 5. The molecule has 2 N–H and O–H groups in total. The van der Waals surface area contributed by atoms with Crippen molar-refractivity contribution in [3.8, 4) is 0 Å². The molecular weight excluding hydrogens is 390 g/mol. The molecule has 3 atom stereocenters. The molecular formula is C20H25N5O3S. The lowest BCUT2D eigenvalue weighted by molar-refractivity contribution is -0.125. The van der Waals surface area contributed by atoms with Gasteiger partial charge in [0.15, 0.2) is 0 Å². The molecule has 3 heterocycles. The average molecular weight is 416 g/mol. The Morgan fingerprint density at radius 3 is 2.97 bits per heavy atom. The van der Waals surface area contributed by atoms with Crippen molar-refractivity contribution in [3.63, 3.8) is 0 Å². The molecule has 1 saturated carbocycles. The molecule has 2 aromatic rings. The molecule has 1 aliphatic heterocycles. The topological polar surface area (TPSA) is 96.3 Å². The first kappa shape index (κ1) is 19.6. The molecule has 3 amide bonds. The summed E-state index contributed by atoms with van der Waals surface area (Å²) in [5, 5.41) is 12.2. The molecule has 0 bridgehead atoms. The Labute approximate surface area is 173 Å². The summed E-state index contributed by atoms with van der Waals surface area (Å²) in [5.74, 6) is -0.427. The van der Waals surface area contributed by atoms with Crippen LogP contribution in [-0.4, -0.2) is 51.5 Å². The highest BCUT2D eigenvalue weighted by atomic mass is 32.1. The fraction of sp³-hybridized carbons (Fsp3) is 0.500. The maximum Gasteiger partial charge on any atom is 0.272 e. The third-order valence-corrected chi connectivity index (χ3v) is 6.62. The van der Waals surface area contributed by atoms with Crippen LogP contribution in [0.2, 0.25) is 0 Å². The van der Waals surface area contributed by atoms with E-state index in [1.807, 2.05) is 24.4 Å². The van der Waals surface area contributed by atoms with Crippen molar-refractivity contribution < 1.29 is 14.4 Å². The summed E-state index contributed by atoms with van der Waals surface area (Å²) >= 11 is 1.61. The van der Waals surface area contributed by atoms with Crippen molar-refractivity contribution in [2.24, 2.45) is 11.8 Å². The average Bonchev–Trinajstić information content (AvgIpc) is 3.45. The number of nitrogens with one attached hydrogen (secondary N) is 2. The van der Waals surface area contributed by atoms with Gasteiger partial charge in [0.1, 0.15) is 5.69 Å². The first-order valence-electron chi connectivity index (χ1n) is 9.95. The lowest BCUT2D eigenvalue weighted by Gasteiger charge is -2.23. The van der Waals surface area contributed by atoms with Crippen molar-refractivity contribution in [1.29, 1.82) is 0 Å². The van der Waals surface area contributed by atoms with Crippen molar-refractivity contribution in [2.45, 2.75) is 38.9 Å². The molecule has 2 fully saturated rings. The smallest absolute Gasteiger partial charge is 0.272 e. The van der Waals surface area contributed by atoms with Gasteiger partial charge in [0.25, 0.3) is 5.91 Å². The summed E-state index contributed by atoms with van der Waals surface area (Å²) in [6.07, 6.45) is 2.88. The first-order valence-corrected chi connectivity index (χ1v) is 10.8. The Hall–Kier alpha value is -2.68. The van der Waals surface area contributed by atoms with Gasteiger partial charge in [-0.05, 0) is 43.2 Å². The predicted octanol–water partition coefficient (Wildman–Crippen LogP) is 1.25. The molecule has 154 valence electrons. The molecule has 1 saturated heterocycles. The van der Waals surface area contributed by atoms with Gasteiger partial charge in [0, 0.05) is 36.1 Å². The summed E-state index contributed by atoms with van der Waals surface area (Å²) in [7, 11) is 0. The standard InChI is InChI=1S/C20H25N5O3S/c1-2-25-17(5-6-22-25)20(28)24-11-14-8-13(9-16(14)23-18(26)12-24)19(27)21-10-15-4-3-7-29-15/h3-7,13-14,16H,2,8-12H2,1H3,(H,21,27)(H,23,26)/t13-,14+,16+/m0/s1. The van der Waals surface area contributed by atoms with Gasteiger partial charge in [-0.3, -0.25) is 19.1 Å². The minimum absolute atomic E-state index is 0.0164. The number of aromatic nitrogens is 2. The van der Waals surface area contributed by atoms with E-state index in [4.69, 9.17) is 0 Å². The van der Waals surface area contributed by atoms with E-state index >= 15 is 0 Å². The van der Waals surface area contributed by atoms with Gasteiger partial charge in [-0.2, -0.15) is 5.10 Å². The van der Waals surface area contributed by atoms with Crippen molar-refractivity contribution in [3.05, 3.63) is 40.3 Å². The summed E-state index contributed by atoms with van der Waals surface area (Å²) in [6, 6.07) is 5.57. The van der Waals surface area contributed by atoms with E-state index in [0.29, 0.717) is 38.2 Å². The molecule has 2 aliphatic rings.